The molecular weight excluding hydrogens is 170 g/mol. The third kappa shape index (κ3) is 4.51. The van der Waals surface area contributed by atoms with Gasteiger partial charge in [-0.3, -0.25) is 0 Å². The van der Waals surface area contributed by atoms with Crippen molar-refractivity contribution in [3.8, 4) is 12.3 Å². The normalized spacial score (nSPS) is 17.1. The van der Waals surface area contributed by atoms with E-state index in [-0.39, 0.29) is 12.6 Å². The number of carboxylic acids is 1. The predicted octanol–water partition coefficient (Wildman–Crippen LogP) is -0.177. The topological polar surface area (TPSA) is 69.6 Å². The van der Waals surface area contributed by atoms with E-state index in [9.17, 15) is 9.90 Å². The van der Waals surface area contributed by atoms with Crippen LogP contribution in [0.2, 0.25) is 0 Å². The highest BCUT2D eigenvalue weighted by Crippen LogP contribution is 2.02. The van der Waals surface area contributed by atoms with Gasteiger partial charge in [-0.2, -0.15) is 0 Å². The Kier molecular flexibility index (Phi) is 4.46. The summed E-state index contributed by atoms with van der Waals surface area (Å²) in [6.07, 6.45) is 5.57. The fourth-order valence-corrected chi connectivity index (χ4v) is 0.698. The summed E-state index contributed by atoms with van der Waals surface area (Å²) >= 11 is 0. The number of carbonyl (C=O) groups is 1. The van der Waals surface area contributed by atoms with E-state index in [2.05, 4.69) is 11.2 Å². The quantitative estimate of drug-likeness (QED) is 0.520. The Morgan fingerprint density at radius 1 is 1.77 bits per heavy atom. The number of carboxylic acid groups (broad SMARTS) is 1. The van der Waals surface area contributed by atoms with Crippen molar-refractivity contribution in [2.45, 2.75) is 31.9 Å². The summed E-state index contributed by atoms with van der Waals surface area (Å²) in [5, 5.41) is 20.7. The second kappa shape index (κ2) is 4.85. The standard InChI is InChI=1S/C9H15NO3/c1-4-5-7(2)10-6-9(3,13)8(11)12/h1,7,10,13H,5-6H2,2-3H3,(H,11,12). The van der Waals surface area contributed by atoms with Crippen LogP contribution in [0.3, 0.4) is 0 Å². The molecule has 0 amide bonds. The molecule has 0 aromatic rings. The lowest BCUT2D eigenvalue weighted by atomic mass is 10.1. The molecule has 4 heteroatoms. The second-order valence-corrected chi connectivity index (χ2v) is 3.27. The van der Waals surface area contributed by atoms with Gasteiger partial charge in [0.1, 0.15) is 0 Å². The molecule has 0 bridgehead atoms. The van der Waals surface area contributed by atoms with Crippen LogP contribution in [0.4, 0.5) is 0 Å². The molecule has 0 saturated carbocycles. The largest absolute Gasteiger partial charge is 0.479 e. The van der Waals surface area contributed by atoms with Crippen LogP contribution in [-0.2, 0) is 4.79 Å². The van der Waals surface area contributed by atoms with Crippen LogP contribution in [0.15, 0.2) is 0 Å². The van der Waals surface area contributed by atoms with Gasteiger partial charge in [0.05, 0.1) is 0 Å². The number of aliphatic carboxylic acids is 1. The Hall–Kier alpha value is -1.05. The van der Waals surface area contributed by atoms with Crippen molar-refractivity contribution in [2.75, 3.05) is 6.54 Å². The van der Waals surface area contributed by atoms with Crippen molar-refractivity contribution in [1.82, 2.24) is 5.32 Å². The molecule has 0 heterocycles. The van der Waals surface area contributed by atoms with Crippen LogP contribution in [0.1, 0.15) is 20.3 Å². The van der Waals surface area contributed by atoms with Gasteiger partial charge < -0.3 is 15.5 Å². The Morgan fingerprint density at radius 3 is 2.69 bits per heavy atom. The average Bonchev–Trinajstić information content (AvgIpc) is 2.01. The van der Waals surface area contributed by atoms with Gasteiger partial charge in [0.15, 0.2) is 5.60 Å². The van der Waals surface area contributed by atoms with Gasteiger partial charge in [-0.1, -0.05) is 0 Å². The maximum absolute atomic E-state index is 10.5. The highest BCUT2D eigenvalue weighted by Gasteiger charge is 2.29. The highest BCUT2D eigenvalue weighted by molar-refractivity contribution is 5.76. The van der Waals surface area contributed by atoms with E-state index in [1.54, 1.807) is 0 Å². The molecule has 0 spiro atoms. The van der Waals surface area contributed by atoms with E-state index in [0.717, 1.165) is 0 Å². The van der Waals surface area contributed by atoms with Crippen LogP contribution in [0.25, 0.3) is 0 Å². The van der Waals surface area contributed by atoms with Gasteiger partial charge in [-0.25, -0.2) is 4.79 Å². The zero-order valence-corrected chi connectivity index (χ0v) is 7.87. The minimum absolute atomic E-state index is 0.00875. The lowest BCUT2D eigenvalue weighted by molar-refractivity contribution is -0.156. The van der Waals surface area contributed by atoms with E-state index >= 15 is 0 Å². The Morgan fingerprint density at radius 2 is 2.31 bits per heavy atom. The van der Waals surface area contributed by atoms with E-state index in [1.165, 1.54) is 6.92 Å². The number of nitrogens with one attached hydrogen (secondary N) is 1. The molecule has 0 aliphatic heterocycles. The van der Waals surface area contributed by atoms with Gasteiger partial charge >= 0.3 is 5.97 Å². The van der Waals surface area contributed by atoms with E-state index in [0.29, 0.717) is 6.42 Å². The van der Waals surface area contributed by atoms with Gasteiger partial charge in [0, 0.05) is 19.0 Å². The summed E-state index contributed by atoms with van der Waals surface area (Å²) in [5.74, 6) is 1.20. The molecule has 0 radical (unpaired) electrons. The first-order chi connectivity index (χ1) is 5.90. The van der Waals surface area contributed by atoms with Crippen LogP contribution < -0.4 is 5.32 Å². The van der Waals surface area contributed by atoms with Crippen LogP contribution in [0.5, 0.6) is 0 Å². The van der Waals surface area contributed by atoms with Crippen molar-refractivity contribution < 1.29 is 15.0 Å². The maximum Gasteiger partial charge on any atom is 0.336 e. The van der Waals surface area contributed by atoms with Gasteiger partial charge in [0.2, 0.25) is 0 Å². The molecule has 4 nitrogen and oxygen atoms in total. The second-order valence-electron chi connectivity index (χ2n) is 3.27. The third-order valence-electron chi connectivity index (χ3n) is 1.68. The molecule has 0 aromatic carbocycles. The fraction of sp³-hybridized carbons (Fsp3) is 0.667. The SMILES string of the molecule is C#CCC(C)NCC(C)(O)C(=O)O. The Bertz CT molecular complexity index is 217. The van der Waals surface area contributed by atoms with Crippen LogP contribution in [-0.4, -0.2) is 34.4 Å². The molecular formula is C9H15NO3. The minimum atomic E-state index is -1.73. The van der Waals surface area contributed by atoms with Crippen LogP contribution in [0, 0.1) is 12.3 Å². The highest BCUT2D eigenvalue weighted by atomic mass is 16.4. The fourth-order valence-electron chi connectivity index (χ4n) is 0.698. The molecule has 0 fully saturated rings. The Balaban J connectivity index is 3.89. The van der Waals surface area contributed by atoms with E-state index in [1.807, 2.05) is 6.92 Å². The Labute approximate surface area is 78.0 Å². The first-order valence-electron chi connectivity index (χ1n) is 4.02. The molecule has 74 valence electrons. The molecule has 0 aromatic heterocycles. The maximum atomic E-state index is 10.5. The summed E-state index contributed by atoms with van der Waals surface area (Å²) in [4.78, 5) is 10.5. The average molecular weight is 185 g/mol. The first-order valence-corrected chi connectivity index (χ1v) is 4.02. The van der Waals surface area contributed by atoms with Gasteiger partial charge in [0.25, 0.3) is 0 Å². The smallest absolute Gasteiger partial charge is 0.336 e. The molecule has 0 rings (SSSR count). The molecule has 0 saturated heterocycles. The number of hydrogen-bond acceptors (Lipinski definition) is 3. The zero-order valence-electron chi connectivity index (χ0n) is 7.87. The van der Waals surface area contributed by atoms with Crippen molar-refractivity contribution in [2.24, 2.45) is 0 Å². The number of rotatable bonds is 5. The predicted molar refractivity (Wildman–Crippen MR) is 49.2 cm³/mol. The van der Waals surface area contributed by atoms with Crippen molar-refractivity contribution in [1.29, 1.82) is 0 Å². The van der Waals surface area contributed by atoms with Gasteiger partial charge in [-0.05, 0) is 13.8 Å². The minimum Gasteiger partial charge on any atom is -0.479 e. The summed E-state index contributed by atoms with van der Waals surface area (Å²) in [6.45, 7) is 3.06. The number of hydrogen-bond donors (Lipinski definition) is 3. The summed E-state index contributed by atoms with van der Waals surface area (Å²) in [5.41, 5.74) is -1.73. The van der Waals surface area contributed by atoms with Crippen molar-refractivity contribution in [3.05, 3.63) is 0 Å². The van der Waals surface area contributed by atoms with E-state index < -0.39 is 11.6 Å². The third-order valence-corrected chi connectivity index (χ3v) is 1.68. The summed E-state index contributed by atoms with van der Waals surface area (Å²) in [6, 6.07) is 0.0100. The van der Waals surface area contributed by atoms with Crippen LogP contribution >= 0.6 is 0 Å². The summed E-state index contributed by atoms with van der Waals surface area (Å²) < 4.78 is 0. The lowest BCUT2D eigenvalue weighted by Crippen LogP contribution is -2.47. The molecule has 13 heavy (non-hydrogen) atoms. The molecule has 2 atom stereocenters. The first kappa shape index (κ1) is 11.9. The zero-order chi connectivity index (χ0) is 10.5. The van der Waals surface area contributed by atoms with E-state index in [4.69, 9.17) is 11.5 Å². The number of aliphatic hydroxyl groups is 1. The number of terminal acetylenes is 1. The molecule has 2 unspecified atom stereocenters. The lowest BCUT2D eigenvalue weighted by Gasteiger charge is -2.20. The molecule has 0 aliphatic carbocycles. The van der Waals surface area contributed by atoms with Gasteiger partial charge in [-0.15, -0.1) is 12.3 Å². The molecule has 3 N–H and O–H groups in total. The molecule has 0 aliphatic rings. The summed E-state index contributed by atoms with van der Waals surface area (Å²) in [7, 11) is 0. The monoisotopic (exact) mass is 185 g/mol. The van der Waals surface area contributed by atoms with Crippen molar-refractivity contribution >= 4 is 5.97 Å². The van der Waals surface area contributed by atoms with Crippen molar-refractivity contribution in [3.63, 3.8) is 0 Å².